The highest BCUT2D eigenvalue weighted by Gasteiger charge is 2.52. The van der Waals surface area contributed by atoms with E-state index in [1.165, 1.54) is 21.9 Å². The average Bonchev–Trinajstić information content (AvgIpc) is 3.42. The van der Waals surface area contributed by atoms with E-state index in [1.54, 1.807) is 7.11 Å². The number of rotatable bonds is 4. The highest BCUT2D eigenvalue weighted by Crippen LogP contribution is 2.52. The van der Waals surface area contributed by atoms with Gasteiger partial charge in [0, 0.05) is 44.5 Å². The third-order valence-electron chi connectivity index (χ3n) is 8.18. The fourth-order valence-electron chi connectivity index (χ4n) is 6.21. The van der Waals surface area contributed by atoms with Crippen LogP contribution in [0.3, 0.4) is 0 Å². The molecule has 0 saturated carbocycles. The summed E-state index contributed by atoms with van der Waals surface area (Å²) >= 11 is 0. The van der Waals surface area contributed by atoms with Crippen LogP contribution in [0.15, 0.2) is 96.1 Å². The van der Waals surface area contributed by atoms with Crippen molar-refractivity contribution in [3.63, 3.8) is 0 Å². The first kappa shape index (κ1) is 22.4. The largest absolute Gasteiger partial charge is 0.493 e. The van der Waals surface area contributed by atoms with Gasteiger partial charge in [-0.2, -0.15) is 5.10 Å². The topological polar surface area (TPSA) is 37.3 Å². The van der Waals surface area contributed by atoms with Crippen LogP contribution in [0.5, 0.6) is 11.5 Å². The van der Waals surface area contributed by atoms with Gasteiger partial charge >= 0.3 is 0 Å². The molecule has 0 aromatic heterocycles. The lowest BCUT2D eigenvalue weighted by Gasteiger charge is -2.51. The molecule has 5 nitrogen and oxygen atoms in total. The van der Waals surface area contributed by atoms with E-state index < -0.39 is 5.72 Å². The number of fused-ring (bicyclic) bond motifs is 5. The second-order valence-corrected chi connectivity index (χ2v) is 10.4. The van der Waals surface area contributed by atoms with Crippen molar-refractivity contribution in [2.24, 2.45) is 5.10 Å². The molecule has 37 heavy (non-hydrogen) atoms. The molecule has 3 aliphatic heterocycles. The Hall–Kier alpha value is -3.83. The maximum absolute atomic E-state index is 6.92. The van der Waals surface area contributed by atoms with Crippen LogP contribution in [0.1, 0.15) is 42.0 Å². The molecular weight excluding hydrogens is 458 g/mol. The lowest BCUT2D eigenvalue weighted by molar-refractivity contribution is -0.151. The van der Waals surface area contributed by atoms with Crippen LogP contribution in [0, 0.1) is 0 Å². The zero-order chi connectivity index (χ0) is 24.8. The van der Waals surface area contributed by atoms with Crippen molar-refractivity contribution in [1.29, 1.82) is 0 Å². The van der Waals surface area contributed by atoms with Crippen LogP contribution < -0.4 is 9.47 Å². The molecule has 0 unspecified atom stereocenters. The Morgan fingerprint density at radius 1 is 0.892 bits per heavy atom. The summed E-state index contributed by atoms with van der Waals surface area (Å²) in [6.07, 6.45) is 2.64. The van der Waals surface area contributed by atoms with Crippen molar-refractivity contribution in [1.82, 2.24) is 9.91 Å². The van der Waals surface area contributed by atoms with Crippen LogP contribution in [0.25, 0.3) is 10.8 Å². The Morgan fingerprint density at radius 2 is 1.68 bits per heavy atom. The number of ether oxygens (including phenoxy) is 2. The van der Waals surface area contributed by atoms with Gasteiger partial charge in [0.25, 0.3) is 0 Å². The van der Waals surface area contributed by atoms with E-state index in [1.807, 2.05) is 6.07 Å². The van der Waals surface area contributed by atoms with Crippen LogP contribution >= 0.6 is 0 Å². The van der Waals surface area contributed by atoms with Crippen LogP contribution in [0.4, 0.5) is 0 Å². The summed E-state index contributed by atoms with van der Waals surface area (Å²) in [5.74, 6) is 1.69. The molecule has 7 rings (SSSR count). The highest BCUT2D eigenvalue weighted by molar-refractivity contribution is 6.04. The normalized spacial score (nSPS) is 20.3. The van der Waals surface area contributed by atoms with Crippen molar-refractivity contribution in [2.75, 3.05) is 20.2 Å². The van der Waals surface area contributed by atoms with Crippen LogP contribution in [-0.2, 0) is 6.54 Å². The lowest BCUT2D eigenvalue weighted by Crippen LogP contribution is -2.59. The van der Waals surface area contributed by atoms with Gasteiger partial charge < -0.3 is 9.47 Å². The monoisotopic (exact) mass is 489 g/mol. The molecule has 5 heteroatoms. The van der Waals surface area contributed by atoms with E-state index in [-0.39, 0.29) is 6.04 Å². The molecule has 186 valence electrons. The molecule has 1 saturated heterocycles. The van der Waals surface area contributed by atoms with Gasteiger partial charge in [-0.1, -0.05) is 78.9 Å². The molecule has 1 fully saturated rings. The predicted molar refractivity (Wildman–Crippen MR) is 147 cm³/mol. The third-order valence-corrected chi connectivity index (χ3v) is 8.18. The summed E-state index contributed by atoms with van der Waals surface area (Å²) in [6, 6.07) is 32.3. The fraction of sp³-hybridized carbons (Fsp3) is 0.281. The Bertz CT molecular complexity index is 1470. The number of hydrazone groups is 1. The van der Waals surface area contributed by atoms with Crippen molar-refractivity contribution in [2.45, 2.75) is 37.6 Å². The first-order valence-corrected chi connectivity index (χ1v) is 13.2. The van der Waals surface area contributed by atoms with E-state index in [0.717, 1.165) is 61.7 Å². The van der Waals surface area contributed by atoms with Gasteiger partial charge in [0.2, 0.25) is 5.72 Å². The van der Waals surface area contributed by atoms with Crippen LogP contribution in [-0.4, -0.2) is 41.5 Å². The summed E-state index contributed by atoms with van der Waals surface area (Å²) in [5, 5.41) is 10.1. The summed E-state index contributed by atoms with van der Waals surface area (Å²) in [4.78, 5) is 2.53. The SMILES string of the molecule is COc1cccc2c1OC1(CCN(Cc3ccccc3)CC1)N1N=C(c3ccc4ccccc4c3)C[C@H]21. The van der Waals surface area contributed by atoms with Gasteiger partial charge in [-0.3, -0.25) is 4.90 Å². The maximum atomic E-state index is 6.92. The van der Waals surface area contributed by atoms with Crippen molar-refractivity contribution < 1.29 is 9.47 Å². The van der Waals surface area contributed by atoms with Crippen molar-refractivity contribution in [3.05, 3.63) is 108 Å². The van der Waals surface area contributed by atoms with Crippen molar-refractivity contribution >= 4 is 16.5 Å². The lowest BCUT2D eigenvalue weighted by atomic mass is 9.90. The van der Waals surface area contributed by atoms with E-state index in [2.05, 4.69) is 94.8 Å². The number of hydrogen-bond donors (Lipinski definition) is 0. The van der Waals surface area contributed by atoms with Gasteiger partial charge in [-0.05, 0) is 34.0 Å². The summed E-state index contributed by atoms with van der Waals surface area (Å²) in [6.45, 7) is 2.89. The molecular formula is C32H31N3O2. The quantitative estimate of drug-likeness (QED) is 0.333. The van der Waals surface area contributed by atoms with Crippen molar-refractivity contribution in [3.8, 4) is 11.5 Å². The first-order valence-electron chi connectivity index (χ1n) is 13.2. The first-order chi connectivity index (χ1) is 18.2. The minimum absolute atomic E-state index is 0.140. The highest BCUT2D eigenvalue weighted by atomic mass is 16.5. The standard InChI is InChI=1S/C32H31N3O2/c1-36-30-13-7-12-27-29-21-28(26-15-14-24-10-5-6-11-25(24)20-26)33-35(29)32(37-31(27)30)16-18-34(19-17-32)22-23-8-3-2-4-9-23/h2-15,20,29H,16-19,21-22H2,1H3/t29-/m1/s1. The zero-order valence-electron chi connectivity index (χ0n) is 21.1. The average molecular weight is 490 g/mol. The van der Waals surface area contributed by atoms with E-state index in [4.69, 9.17) is 14.6 Å². The number of likely N-dealkylation sites (tertiary alicyclic amines) is 1. The maximum Gasteiger partial charge on any atom is 0.200 e. The number of methoxy groups -OCH3 is 1. The summed E-state index contributed by atoms with van der Waals surface area (Å²) < 4.78 is 12.7. The van der Waals surface area contributed by atoms with Crippen LogP contribution in [0.2, 0.25) is 0 Å². The summed E-state index contributed by atoms with van der Waals surface area (Å²) in [5.41, 5.74) is 4.36. The van der Waals surface area contributed by atoms with E-state index in [9.17, 15) is 0 Å². The molecule has 0 amide bonds. The Morgan fingerprint density at radius 3 is 2.49 bits per heavy atom. The molecule has 0 aliphatic carbocycles. The number of para-hydroxylation sites is 1. The Balaban J connectivity index is 1.23. The fourth-order valence-corrected chi connectivity index (χ4v) is 6.21. The van der Waals surface area contributed by atoms with Gasteiger partial charge in [-0.25, -0.2) is 5.01 Å². The number of hydrogen-bond acceptors (Lipinski definition) is 5. The molecule has 3 heterocycles. The third kappa shape index (κ3) is 3.85. The Labute approximate surface area is 217 Å². The van der Waals surface area contributed by atoms with E-state index >= 15 is 0 Å². The number of piperidine rings is 1. The van der Waals surface area contributed by atoms with Gasteiger partial charge in [0.05, 0.1) is 18.9 Å². The second kappa shape index (κ2) is 8.93. The minimum Gasteiger partial charge on any atom is -0.493 e. The molecule has 4 aromatic carbocycles. The Kier molecular flexibility index (Phi) is 5.40. The summed E-state index contributed by atoms with van der Waals surface area (Å²) in [7, 11) is 1.73. The molecule has 4 aromatic rings. The smallest absolute Gasteiger partial charge is 0.200 e. The zero-order valence-corrected chi connectivity index (χ0v) is 21.1. The minimum atomic E-state index is -0.474. The molecule has 3 aliphatic rings. The molecule has 0 radical (unpaired) electrons. The van der Waals surface area contributed by atoms with Gasteiger partial charge in [-0.15, -0.1) is 0 Å². The van der Waals surface area contributed by atoms with Gasteiger partial charge in [0.15, 0.2) is 11.5 Å². The molecule has 1 atom stereocenters. The van der Waals surface area contributed by atoms with Gasteiger partial charge in [0.1, 0.15) is 0 Å². The van der Waals surface area contributed by atoms with E-state index in [0.29, 0.717) is 0 Å². The predicted octanol–water partition coefficient (Wildman–Crippen LogP) is 6.38. The second-order valence-electron chi connectivity index (χ2n) is 10.4. The molecule has 1 spiro atoms. The number of benzene rings is 4. The number of nitrogens with zero attached hydrogens (tertiary/aromatic N) is 3. The molecule has 0 bridgehead atoms. The molecule has 0 N–H and O–H groups in total.